The first-order chi connectivity index (χ1) is 10.1. The normalized spacial score (nSPS) is 21.8. The average Bonchev–Trinajstić information content (AvgIpc) is 2.87. The first-order valence-electron chi connectivity index (χ1n) is 6.73. The van der Waals surface area contributed by atoms with Gasteiger partial charge in [0.15, 0.2) is 11.4 Å². The van der Waals surface area contributed by atoms with Gasteiger partial charge in [-0.25, -0.2) is 15.0 Å². The van der Waals surface area contributed by atoms with Crippen molar-refractivity contribution in [2.75, 3.05) is 6.54 Å². The van der Waals surface area contributed by atoms with Gasteiger partial charge in [-0.15, -0.1) is 0 Å². The fraction of sp³-hybridized carbons (Fsp3) is 0.462. The maximum Gasteiger partial charge on any atom is 0.264 e. The first-order valence-corrected chi connectivity index (χ1v) is 6.73. The molecular formula is C13H15N5O3. The summed E-state index contributed by atoms with van der Waals surface area (Å²) in [5.74, 6) is -0.131. The van der Waals surface area contributed by atoms with E-state index in [2.05, 4.69) is 20.3 Å². The number of rotatable bonds is 4. The number of fused-ring (bicyclic) bond motifs is 1. The van der Waals surface area contributed by atoms with Crippen molar-refractivity contribution >= 4 is 16.8 Å². The molecule has 2 atom stereocenters. The quantitative estimate of drug-likeness (QED) is 0.732. The van der Waals surface area contributed by atoms with Crippen molar-refractivity contribution < 1.29 is 9.90 Å². The molecule has 2 N–H and O–H groups in total. The number of ketones is 1. The van der Waals surface area contributed by atoms with Crippen LogP contribution in [0.25, 0.3) is 11.0 Å². The number of nitrogens with one attached hydrogen (secondary N) is 1. The van der Waals surface area contributed by atoms with E-state index in [0.717, 1.165) is 0 Å². The van der Waals surface area contributed by atoms with Gasteiger partial charge in [-0.1, -0.05) is 0 Å². The molecule has 8 nitrogen and oxygen atoms in total. The Morgan fingerprint density at radius 3 is 3.10 bits per heavy atom. The van der Waals surface area contributed by atoms with Gasteiger partial charge in [-0.2, -0.15) is 0 Å². The molecule has 0 saturated carbocycles. The fourth-order valence-electron chi connectivity index (χ4n) is 2.48. The van der Waals surface area contributed by atoms with E-state index in [9.17, 15) is 14.7 Å². The maximum atomic E-state index is 12.2. The molecule has 1 fully saturated rings. The van der Waals surface area contributed by atoms with Crippen molar-refractivity contribution in [3.8, 4) is 0 Å². The second-order valence-corrected chi connectivity index (χ2v) is 5.10. The zero-order valence-corrected chi connectivity index (χ0v) is 11.3. The molecular weight excluding hydrogens is 274 g/mol. The van der Waals surface area contributed by atoms with Gasteiger partial charge in [0.2, 0.25) is 0 Å². The molecule has 2 aromatic rings. The largest absolute Gasteiger partial charge is 0.391 e. The van der Waals surface area contributed by atoms with E-state index in [1.807, 2.05) is 0 Å². The van der Waals surface area contributed by atoms with Crippen molar-refractivity contribution in [1.29, 1.82) is 0 Å². The molecule has 8 heteroatoms. The molecule has 1 saturated heterocycles. The Bertz CT molecular complexity index is 729. The Morgan fingerprint density at radius 1 is 1.48 bits per heavy atom. The second-order valence-electron chi connectivity index (χ2n) is 5.10. The molecule has 3 rings (SSSR count). The van der Waals surface area contributed by atoms with Gasteiger partial charge in [0.25, 0.3) is 5.56 Å². The molecule has 0 spiro atoms. The lowest BCUT2D eigenvalue weighted by Gasteiger charge is -2.14. The van der Waals surface area contributed by atoms with Crippen molar-refractivity contribution in [3.05, 3.63) is 29.2 Å². The third-order valence-corrected chi connectivity index (χ3v) is 3.61. The third kappa shape index (κ3) is 2.81. The van der Waals surface area contributed by atoms with E-state index >= 15 is 0 Å². The van der Waals surface area contributed by atoms with Crippen molar-refractivity contribution in [3.63, 3.8) is 0 Å². The Hall–Kier alpha value is -2.19. The van der Waals surface area contributed by atoms with Gasteiger partial charge in [-0.3, -0.25) is 14.2 Å². The van der Waals surface area contributed by atoms with Crippen LogP contribution in [-0.2, 0) is 11.3 Å². The molecule has 0 amide bonds. The first kappa shape index (κ1) is 13.8. The van der Waals surface area contributed by atoms with Crippen molar-refractivity contribution in [1.82, 2.24) is 24.8 Å². The lowest BCUT2D eigenvalue weighted by Crippen LogP contribution is -2.34. The molecule has 0 radical (unpaired) electrons. The number of aliphatic hydroxyl groups is 1. The highest BCUT2D eigenvalue weighted by Gasteiger charge is 2.26. The third-order valence-electron chi connectivity index (χ3n) is 3.61. The lowest BCUT2D eigenvalue weighted by atomic mass is 10.1. The van der Waals surface area contributed by atoms with Crippen molar-refractivity contribution in [2.24, 2.45) is 0 Å². The van der Waals surface area contributed by atoms with Crippen molar-refractivity contribution in [2.45, 2.75) is 31.5 Å². The number of hydrogen-bond acceptors (Lipinski definition) is 7. The van der Waals surface area contributed by atoms with Crippen LogP contribution in [0.1, 0.15) is 12.8 Å². The lowest BCUT2D eigenvalue weighted by molar-refractivity contribution is -0.120. The predicted molar refractivity (Wildman–Crippen MR) is 73.6 cm³/mol. The summed E-state index contributed by atoms with van der Waals surface area (Å²) in [6.07, 6.45) is 4.35. The molecule has 2 unspecified atom stereocenters. The van der Waals surface area contributed by atoms with Gasteiger partial charge in [-0.05, 0) is 13.0 Å². The summed E-state index contributed by atoms with van der Waals surface area (Å²) in [6, 6.07) is -0.232. The van der Waals surface area contributed by atoms with E-state index in [1.165, 1.54) is 23.4 Å². The second kappa shape index (κ2) is 5.66. The Morgan fingerprint density at radius 2 is 2.33 bits per heavy atom. The van der Waals surface area contributed by atoms with E-state index in [0.29, 0.717) is 18.6 Å². The zero-order valence-electron chi connectivity index (χ0n) is 11.3. The number of Topliss-reactive ketones (excluding diaryl/α,β-unsaturated/α-hetero) is 1. The monoisotopic (exact) mass is 289 g/mol. The highest BCUT2D eigenvalue weighted by atomic mass is 16.3. The summed E-state index contributed by atoms with van der Waals surface area (Å²) in [7, 11) is 0. The number of hydrogen-bond donors (Lipinski definition) is 2. The van der Waals surface area contributed by atoms with Crippen LogP contribution in [0.3, 0.4) is 0 Å². The van der Waals surface area contributed by atoms with Gasteiger partial charge in [0, 0.05) is 18.7 Å². The summed E-state index contributed by atoms with van der Waals surface area (Å²) in [5, 5.41) is 13.0. The summed E-state index contributed by atoms with van der Waals surface area (Å²) >= 11 is 0. The number of carbonyl (C=O) groups excluding carboxylic acids is 1. The van der Waals surface area contributed by atoms with Crippen LogP contribution < -0.4 is 10.9 Å². The minimum absolute atomic E-state index is 0.0679. The molecule has 0 aliphatic carbocycles. The zero-order chi connectivity index (χ0) is 14.8. The summed E-state index contributed by atoms with van der Waals surface area (Å²) < 4.78 is 1.25. The predicted octanol–water partition coefficient (Wildman–Crippen LogP) is -1.13. The van der Waals surface area contributed by atoms with E-state index in [1.54, 1.807) is 0 Å². The minimum atomic E-state index is -0.506. The van der Waals surface area contributed by atoms with Gasteiger partial charge in [0.1, 0.15) is 18.0 Å². The van der Waals surface area contributed by atoms with Crippen LogP contribution in [0.5, 0.6) is 0 Å². The topological polar surface area (TPSA) is 110 Å². The van der Waals surface area contributed by atoms with Gasteiger partial charge in [0.05, 0.1) is 12.6 Å². The van der Waals surface area contributed by atoms with Gasteiger partial charge >= 0.3 is 0 Å². The van der Waals surface area contributed by atoms with E-state index < -0.39 is 6.10 Å². The SMILES string of the molecule is O=C(CC1NCCC1O)Cn1cnc2ncncc2c1=O. The molecule has 1 aliphatic heterocycles. The molecule has 3 heterocycles. The Balaban J connectivity index is 1.77. The summed E-state index contributed by atoms with van der Waals surface area (Å²) in [6.45, 7) is 0.634. The molecule has 0 aromatic carbocycles. The Kier molecular flexibility index (Phi) is 3.72. The van der Waals surface area contributed by atoms with Crippen LogP contribution in [0.2, 0.25) is 0 Å². The summed E-state index contributed by atoms with van der Waals surface area (Å²) in [5.41, 5.74) is -0.0274. The molecule has 2 aromatic heterocycles. The van der Waals surface area contributed by atoms with Crippen LogP contribution in [-0.4, -0.2) is 49.1 Å². The number of aromatic nitrogens is 4. The minimum Gasteiger partial charge on any atom is -0.391 e. The molecule has 21 heavy (non-hydrogen) atoms. The molecule has 1 aliphatic rings. The van der Waals surface area contributed by atoms with Crippen LogP contribution >= 0.6 is 0 Å². The smallest absolute Gasteiger partial charge is 0.264 e. The fourth-order valence-corrected chi connectivity index (χ4v) is 2.48. The molecule has 0 bridgehead atoms. The number of nitrogens with zero attached hydrogens (tertiary/aromatic N) is 4. The van der Waals surface area contributed by atoms with Crippen LogP contribution in [0.15, 0.2) is 23.6 Å². The maximum absolute atomic E-state index is 12.2. The van der Waals surface area contributed by atoms with E-state index in [4.69, 9.17) is 0 Å². The summed E-state index contributed by atoms with van der Waals surface area (Å²) in [4.78, 5) is 35.9. The van der Waals surface area contributed by atoms with E-state index in [-0.39, 0.29) is 35.7 Å². The highest BCUT2D eigenvalue weighted by molar-refractivity contribution is 5.79. The number of carbonyl (C=O) groups is 1. The van der Waals surface area contributed by atoms with Crippen LogP contribution in [0.4, 0.5) is 0 Å². The van der Waals surface area contributed by atoms with Crippen LogP contribution in [0, 0.1) is 0 Å². The standard InChI is InChI=1S/C13H15N5O3/c19-8(3-10-11(20)1-2-15-10)5-18-7-17-12-9(13(18)21)4-14-6-16-12/h4,6-7,10-11,15,20H,1-3,5H2. The average molecular weight is 289 g/mol. The number of aliphatic hydroxyl groups excluding tert-OH is 1. The molecule has 110 valence electrons. The highest BCUT2D eigenvalue weighted by Crippen LogP contribution is 2.11. The Labute approximate surface area is 119 Å². The van der Waals surface area contributed by atoms with Gasteiger partial charge < -0.3 is 10.4 Å².